The highest BCUT2D eigenvalue weighted by atomic mass is 16.7. The molecule has 396 valence electrons. The number of hydrogen-bond donors (Lipinski definition) is 3. The molecule has 3 N–H and O–H groups in total. The third-order valence-electron chi connectivity index (χ3n) is 12.1. The lowest BCUT2D eigenvalue weighted by molar-refractivity contribution is -0.301. The van der Waals surface area contributed by atoms with E-state index in [4.69, 9.17) is 23.7 Å². The third kappa shape index (κ3) is 36.1. The van der Waals surface area contributed by atoms with Crippen molar-refractivity contribution in [3.63, 3.8) is 0 Å². The SMILES string of the molecule is CC/C=C\C/C=C\C/C=C\CCCCCC(=O)OC1C(OCC(COC(=O)CCCCCCCCC/C=C\C/C=C\CCCCC)OC(=O)CCCCCCCCCCC)OC(C(=O)O)C(O)C1O. The smallest absolute Gasteiger partial charge is 0.335 e. The second kappa shape index (κ2) is 45.6. The standard InChI is InChI=1S/C57H96O12/c1-4-7-10-13-16-19-21-23-24-25-26-28-29-32-34-37-40-43-49(58)65-46-48(67-50(59)44-41-38-35-31-18-15-12-9-6-3)47-66-57-55(53(62)52(61)54(69-57)56(63)64)68-51(60)45-42-39-36-33-30-27-22-20-17-14-11-8-5-2/h8,11,16-17,19-20,23-24,27,30,48,52-55,57,61-62H,4-7,9-10,12-15,18,21-22,25-26,28-29,31-47H2,1-3H3,(H,63,64)/b11-8-,19-16-,20-17-,24-23-,30-27-. The van der Waals surface area contributed by atoms with Crippen LogP contribution in [0, 0.1) is 0 Å². The quantitative estimate of drug-likeness (QED) is 0.0228. The van der Waals surface area contributed by atoms with Gasteiger partial charge in [-0.15, -0.1) is 0 Å². The molecule has 6 unspecified atom stereocenters. The lowest BCUT2D eigenvalue weighted by atomic mass is 9.98. The Kier molecular flexibility index (Phi) is 41.9. The van der Waals surface area contributed by atoms with Crippen LogP contribution in [0.4, 0.5) is 0 Å². The molecule has 1 aliphatic rings. The van der Waals surface area contributed by atoms with Gasteiger partial charge in [0, 0.05) is 19.3 Å². The Morgan fingerprint density at radius 2 is 0.913 bits per heavy atom. The second-order valence-corrected chi connectivity index (χ2v) is 18.5. The first-order valence-corrected chi connectivity index (χ1v) is 27.3. The van der Waals surface area contributed by atoms with Crippen molar-refractivity contribution in [1.29, 1.82) is 0 Å². The van der Waals surface area contributed by atoms with E-state index in [1.54, 1.807) is 0 Å². The van der Waals surface area contributed by atoms with E-state index in [1.165, 1.54) is 70.6 Å². The fraction of sp³-hybridized carbons (Fsp3) is 0.754. The minimum absolute atomic E-state index is 0.0245. The van der Waals surface area contributed by atoms with Crippen LogP contribution in [-0.4, -0.2) is 89.2 Å². The van der Waals surface area contributed by atoms with Crippen LogP contribution in [0.25, 0.3) is 0 Å². The molecule has 0 aromatic rings. The maximum Gasteiger partial charge on any atom is 0.335 e. The number of aliphatic hydroxyl groups excluding tert-OH is 2. The van der Waals surface area contributed by atoms with E-state index >= 15 is 0 Å². The first-order chi connectivity index (χ1) is 33.6. The number of carbonyl (C=O) groups excluding carboxylic acids is 3. The molecule has 1 aliphatic heterocycles. The average molecular weight is 973 g/mol. The number of hydrogen-bond acceptors (Lipinski definition) is 11. The molecule has 1 saturated heterocycles. The Bertz CT molecular complexity index is 1440. The number of aliphatic carboxylic acids is 1. The van der Waals surface area contributed by atoms with Gasteiger partial charge in [-0.1, -0.05) is 184 Å². The fourth-order valence-corrected chi connectivity index (χ4v) is 7.88. The molecular formula is C57H96O12. The zero-order chi connectivity index (χ0) is 50.4. The zero-order valence-electron chi connectivity index (χ0n) is 43.3. The number of carboxylic acids is 1. The monoisotopic (exact) mass is 973 g/mol. The van der Waals surface area contributed by atoms with E-state index in [0.717, 1.165) is 96.3 Å². The van der Waals surface area contributed by atoms with Crippen LogP contribution in [0.15, 0.2) is 60.8 Å². The van der Waals surface area contributed by atoms with Crippen LogP contribution >= 0.6 is 0 Å². The molecule has 0 aromatic heterocycles. The number of allylic oxidation sites excluding steroid dienone is 10. The highest BCUT2D eigenvalue weighted by Gasteiger charge is 2.50. The molecule has 69 heavy (non-hydrogen) atoms. The predicted molar refractivity (Wildman–Crippen MR) is 275 cm³/mol. The number of carbonyl (C=O) groups is 4. The van der Waals surface area contributed by atoms with Gasteiger partial charge in [-0.3, -0.25) is 14.4 Å². The van der Waals surface area contributed by atoms with E-state index in [0.29, 0.717) is 19.3 Å². The van der Waals surface area contributed by atoms with Crippen molar-refractivity contribution < 1.29 is 58.2 Å². The Balaban J connectivity index is 2.70. The average Bonchev–Trinajstić information content (AvgIpc) is 3.33. The summed E-state index contributed by atoms with van der Waals surface area (Å²) in [6.07, 6.45) is 42.2. The molecule has 0 bridgehead atoms. The van der Waals surface area contributed by atoms with E-state index < -0.39 is 67.3 Å². The number of carboxylic acid groups (broad SMARTS) is 1. The van der Waals surface area contributed by atoms with Crippen LogP contribution in [0.3, 0.4) is 0 Å². The second-order valence-electron chi connectivity index (χ2n) is 18.5. The molecule has 12 heteroatoms. The van der Waals surface area contributed by atoms with Crippen molar-refractivity contribution >= 4 is 23.9 Å². The van der Waals surface area contributed by atoms with Gasteiger partial charge in [0.25, 0.3) is 0 Å². The fourth-order valence-electron chi connectivity index (χ4n) is 7.88. The summed E-state index contributed by atoms with van der Waals surface area (Å²) in [6.45, 7) is 5.79. The Morgan fingerprint density at radius 3 is 1.43 bits per heavy atom. The molecule has 12 nitrogen and oxygen atoms in total. The molecule has 0 radical (unpaired) electrons. The number of rotatable bonds is 45. The van der Waals surface area contributed by atoms with Crippen molar-refractivity contribution in [1.82, 2.24) is 0 Å². The summed E-state index contributed by atoms with van der Waals surface area (Å²) < 4.78 is 28.3. The van der Waals surface area contributed by atoms with Crippen molar-refractivity contribution in [2.45, 2.75) is 263 Å². The normalized spacial score (nSPS) is 19.1. The summed E-state index contributed by atoms with van der Waals surface area (Å²) in [7, 11) is 0. The summed E-state index contributed by atoms with van der Waals surface area (Å²) in [4.78, 5) is 50.8. The lowest BCUT2D eigenvalue weighted by Gasteiger charge is -2.40. The van der Waals surface area contributed by atoms with Gasteiger partial charge in [-0.2, -0.15) is 0 Å². The van der Waals surface area contributed by atoms with Crippen molar-refractivity contribution in [2.24, 2.45) is 0 Å². The van der Waals surface area contributed by atoms with Crippen molar-refractivity contribution in [3.05, 3.63) is 60.8 Å². The molecule has 0 spiro atoms. The van der Waals surface area contributed by atoms with Gasteiger partial charge >= 0.3 is 23.9 Å². The first-order valence-electron chi connectivity index (χ1n) is 27.3. The van der Waals surface area contributed by atoms with Crippen LogP contribution in [0.5, 0.6) is 0 Å². The number of unbranched alkanes of at least 4 members (excludes halogenated alkanes) is 21. The molecule has 6 atom stereocenters. The van der Waals surface area contributed by atoms with Gasteiger partial charge in [-0.25, -0.2) is 4.79 Å². The minimum Gasteiger partial charge on any atom is -0.479 e. The van der Waals surface area contributed by atoms with Crippen LogP contribution < -0.4 is 0 Å². The van der Waals surface area contributed by atoms with Crippen molar-refractivity contribution in [2.75, 3.05) is 13.2 Å². The molecule has 1 rings (SSSR count). The van der Waals surface area contributed by atoms with Gasteiger partial charge in [0.1, 0.15) is 18.8 Å². The molecule has 1 fully saturated rings. The molecular weight excluding hydrogens is 877 g/mol. The number of esters is 3. The molecule has 0 amide bonds. The molecule has 0 aromatic carbocycles. The van der Waals surface area contributed by atoms with Gasteiger partial charge < -0.3 is 39.0 Å². The first kappa shape index (κ1) is 63.4. The number of aliphatic hydroxyl groups is 2. The van der Waals surface area contributed by atoms with E-state index in [1.807, 2.05) is 0 Å². The minimum atomic E-state index is -1.91. The topological polar surface area (TPSA) is 175 Å². The third-order valence-corrected chi connectivity index (χ3v) is 12.1. The predicted octanol–water partition coefficient (Wildman–Crippen LogP) is 13.2. The summed E-state index contributed by atoms with van der Waals surface area (Å²) in [6, 6.07) is 0. The summed E-state index contributed by atoms with van der Waals surface area (Å²) in [5, 5.41) is 31.3. The summed E-state index contributed by atoms with van der Waals surface area (Å²) in [5.74, 6) is -3.17. The molecule has 1 heterocycles. The van der Waals surface area contributed by atoms with Gasteiger partial charge in [-0.05, 0) is 83.5 Å². The Labute approximate surface area is 417 Å². The molecule has 0 aliphatic carbocycles. The van der Waals surface area contributed by atoms with E-state index in [9.17, 15) is 34.5 Å². The van der Waals surface area contributed by atoms with E-state index in [-0.39, 0.29) is 25.9 Å². The van der Waals surface area contributed by atoms with Crippen molar-refractivity contribution in [3.8, 4) is 0 Å². The van der Waals surface area contributed by atoms with Crippen LogP contribution in [0.2, 0.25) is 0 Å². The van der Waals surface area contributed by atoms with E-state index in [2.05, 4.69) is 81.5 Å². The number of ether oxygens (including phenoxy) is 5. The maximum atomic E-state index is 13.0. The Morgan fingerprint density at radius 1 is 0.493 bits per heavy atom. The maximum absolute atomic E-state index is 13.0. The largest absolute Gasteiger partial charge is 0.479 e. The van der Waals surface area contributed by atoms with Gasteiger partial charge in [0.2, 0.25) is 0 Å². The molecule has 0 saturated carbocycles. The highest BCUT2D eigenvalue weighted by molar-refractivity contribution is 5.74. The summed E-state index contributed by atoms with van der Waals surface area (Å²) in [5.41, 5.74) is 0. The Hall–Kier alpha value is -3.58. The van der Waals surface area contributed by atoms with Crippen LogP contribution in [0.1, 0.15) is 226 Å². The summed E-state index contributed by atoms with van der Waals surface area (Å²) >= 11 is 0. The highest BCUT2D eigenvalue weighted by Crippen LogP contribution is 2.26. The zero-order valence-corrected chi connectivity index (χ0v) is 43.3. The van der Waals surface area contributed by atoms with Gasteiger partial charge in [0.05, 0.1) is 6.61 Å². The van der Waals surface area contributed by atoms with Gasteiger partial charge in [0.15, 0.2) is 24.6 Å². The lowest BCUT2D eigenvalue weighted by Crippen LogP contribution is -2.61. The van der Waals surface area contributed by atoms with Crippen LogP contribution in [-0.2, 0) is 42.9 Å².